The first-order valence-corrected chi connectivity index (χ1v) is 15.5. The highest BCUT2D eigenvalue weighted by Crippen LogP contribution is 2.31. The molecule has 0 saturated heterocycles. The Balaban J connectivity index is 1.40. The molecular formula is C32H47N5O5. The van der Waals surface area contributed by atoms with Crippen molar-refractivity contribution in [2.45, 2.75) is 84.1 Å². The van der Waals surface area contributed by atoms with Gasteiger partial charge in [-0.25, -0.2) is 14.8 Å². The van der Waals surface area contributed by atoms with E-state index < -0.39 is 6.29 Å². The van der Waals surface area contributed by atoms with E-state index >= 15 is 0 Å². The Morgan fingerprint density at radius 2 is 1.76 bits per heavy atom. The summed E-state index contributed by atoms with van der Waals surface area (Å²) >= 11 is 0. The van der Waals surface area contributed by atoms with Crippen LogP contribution < -0.4 is 5.32 Å². The monoisotopic (exact) mass is 581 g/mol. The lowest BCUT2D eigenvalue weighted by Gasteiger charge is -2.38. The number of rotatable bonds is 13. The van der Waals surface area contributed by atoms with Gasteiger partial charge in [0.15, 0.2) is 6.29 Å². The first-order chi connectivity index (χ1) is 20.5. The Hall–Kier alpha value is -3.08. The number of hydrogen-bond donors (Lipinski definition) is 1. The molecule has 10 heteroatoms. The summed E-state index contributed by atoms with van der Waals surface area (Å²) in [6.45, 7) is 7.93. The summed E-state index contributed by atoms with van der Waals surface area (Å²) in [7, 11) is 1.43. The molecule has 0 spiro atoms. The van der Waals surface area contributed by atoms with Crippen molar-refractivity contribution in [3.63, 3.8) is 0 Å². The van der Waals surface area contributed by atoms with Crippen LogP contribution in [-0.4, -0.2) is 84.1 Å². The van der Waals surface area contributed by atoms with E-state index in [1.54, 1.807) is 0 Å². The number of benzene rings is 1. The van der Waals surface area contributed by atoms with E-state index in [0.29, 0.717) is 38.0 Å². The van der Waals surface area contributed by atoms with Crippen molar-refractivity contribution in [2.24, 2.45) is 5.92 Å². The van der Waals surface area contributed by atoms with Crippen LogP contribution in [0.25, 0.3) is 0 Å². The quantitative estimate of drug-likeness (QED) is 0.265. The summed E-state index contributed by atoms with van der Waals surface area (Å²) in [4.78, 5) is 38.9. The zero-order valence-electron chi connectivity index (χ0n) is 25.4. The molecule has 2 aliphatic rings. The van der Waals surface area contributed by atoms with Gasteiger partial charge in [0.1, 0.15) is 0 Å². The molecule has 0 unspecified atom stereocenters. The smallest absolute Gasteiger partial charge is 0.324 e. The van der Waals surface area contributed by atoms with Gasteiger partial charge in [-0.05, 0) is 69.4 Å². The highest BCUT2D eigenvalue weighted by molar-refractivity contribution is 5.87. The second-order valence-electron chi connectivity index (χ2n) is 11.1. The number of fused-ring (bicyclic) bond motifs is 1. The molecule has 1 fully saturated rings. The van der Waals surface area contributed by atoms with E-state index in [1.807, 2.05) is 31.0 Å². The zero-order valence-corrected chi connectivity index (χ0v) is 25.4. The highest BCUT2D eigenvalue weighted by Gasteiger charge is 2.32. The van der Waals surface area contributed by atoms with Gasteiger partial charge in [0.25, 0.3) is 0 Å². The predicted octanol–water partition coefficient (Wildman–Crippen LogP) is 4.82. The van der Waals surface area contributed by atoms with Gasteiger partial charge in [-0.2, -0.15) is 0 Å². The first kappa shape index (κ1) is 31.8. The molecule has 0 atom stereocenters. The Bertz CT molecular complexity index is 1120. The summed E-state index contributed by atoms with van der Waals surface area (Å²) < 4.78 is 16.4. The number of aromatic nitrogens is 2. The van der Waals surface area contributed by atoms with Crippen LogP contribution in [0.5, 0.6) is 0 Å². The lowest BCUT2D eigenvalue weighted by Crippen LogP contribution is -2.49. The van der Waals surface area contributed by atoms with E-state index in [2.05, 4.69) is 39.5 Å². The summed E-state index contributed by atoms with van der Waals surface area (Å²) in [5.41, 5.74) is 3.44. The van der Waals surface area contributed by atoms with Crippen molar-refractivity contribution in [1.29, 1.82) is 0 Å². The van der Waals surface area contributed by atoms with Gasteiger partial charge in [-0.15, -0.1) is 0 Å². The molecule has 42 heavy (non-hydrogen) atoms. The molecule has 1 aromatic heterocycles. The van der Waals surface area contributed by atoms with Crippen molar-refractivity contribution in [3.8, 4) is 0 Å². The molecule has 1 aliphatic carbocycles. The number of hydrogen-bond acceptors (Lipinski definition) is 8. The minimum atomic E-state index is -0.508. The Labute approximate surface area is 250 Å². The SMILES string of the molecule is CCOC(CN(C(=O)Nc1ncc2c(n1)CCN(Cc1ccccc1)CC2)C1CCC(CCC(=O)OC)CC1)OCC. The second-order valence-corrected chi connectivity index (χ2v) is 11.1. The van der Waals surface area contributed by atoms with Gasteiger partial charge in [-0.3, -0.25) is 15.0 Å². The van der Waals surface area contributed by atoms with Crippen molar-refractivity contribution in [2.75, 3.05) is 45.3 Å². The molecule has 2 amide bonds. The molecular weight excluding hydrogens is 534 g/mol. The molecule has 2 aromatic rings. The van der Waals surface area contributed by atoms with Crippen molar-refractivity contribution >= 4 is 17.9 Å². The summed E-state index contributed by atoms with van der Waals surface area (Å²) in [6.07, 6.45) is 7.91. The van der Waals surface area contributed by atoms with E-state index in [-0.39, 0.29) is 18.0 Å². The fraction of sp³-hybridized carbons (Fsp3) is 0.625. The molecule has 1 aromatic carbocycles. The van der Waals surface area contributed by atoms with Crippen molar-refractivity contribution in [1.82, 2.24) is 19.8 Å². The summed E-state index contributed by atoms with van der Waals surface area (Å²) in [6, 6.07) is 10.3. The number of urea groups is 1. The maximum atomic E-state index is 13.7. The standard InChI is InChI=1S/C32H47N5O5/c1-4-41-30(42-5-2)23-37(27-14-11-24(12-15-27)13-16-29(38)40-3)32(39)35-31-33-21-26-17-19-36(20-18-28(26)34-31)22-25-9-7-6-8-10-25/h6-10,21,24,27,30H,4-5,11-20,22-23H2,1-3H3,(H,33,34,35,39). The van der Waals surface area contributed by atoms with Crippen LogP contribution in [0, 0.1) is 5.92 Å². The predicted molar refractivity (Wildman–Crippen MR) is 161 cm³/mol. The van der Waals surface area contributed by atoms with Gasteiger partial charge in [0.2, 0.25) is 5.95 Å². The molecule has 1 saturated carbocycles. The van der Waals surface area contributed by atoms with Crippen LogP contribution in [0.1, 0.15) is 69.2 Å². The topological polar surface area (TPSA) is 106 Å². The molecule has 1 aliphatic heterocycles. The van der Waals surface area contributed by atoms with E-state index in [0.717, 1.165) is 75.8 Å². The number of nitrogens with zero attached hydrogens (tertiary/aromatic N) is 4. The average molecular weight is 582 g/mol. The largest absolute Gasteiger partial charge is 0.469 e. The fourth-order valence-electron chi connectivity index (χ4n) is 6.00. The maximum absolute atomic E-state index is 13.7. The third-order valence-electron chi connectivity index (χ3n) is 8.34. The number of methoxy groups -OCH3 is 1. The Kier molecular flexibility index (Phi) is 12.5. The highest BCUT2D eigenvalue weighted by atomic mass is 16.7. The van der Waals surface area contributed by atoms with Gasteiger partial charge < -0.3 is 19.1 Å². The number of anilines is 1. The number of esters is 1. The minimum Gasteiger partial charge on any atom is -0.469 e. The first-order valence-electron chi connectivity index (χ1n) is 15.5. The van der Waals surface area contributed by atoms with Crippen LogP contribution in [0.15, 0.2) is 36.5 Å². The Morgan fingerprint density at radius 3 is 2.45 bits per heavy atom. The van der Waals surface area contributed by atoms with E-state index in [9.17, 15) is 9.59 Å². The molecule has 10 nitrogen and oxygen atoms in total. The number of amides is 2. The van der Waals surface area contributed by atoms with Gasteiger partial charge >= 0.3 is 12.0 Å². The van der Waals surface area contributed by atoms with Crippen LogP contribution in [0.2, 0.25) is 0 Å². The molecule has 2 heterocycles. The molecule has 4 rings (SSSR count). The maximum Gasteiger partial charge on any atom is 0.324 e. The number of ether oxygens (including phenoxy) is 3. The number of carbonyl (C=O) groups is 2. The van der Waals surface area contributed by atoms with Gasteiger partial charge in [0, 0.05) is 57.9 Å². The van der Waals surface area contributed by atoms with Crippen molar-refractivity contribution < 1.29 is 23.8 Å². The molecule has 230 valence electrons. The third kappa shape index (κ3) is 9.47. The van der Waals surface area contributed by atoms with Crippen LogP contribution >= 0.6 is 0 Å². The van der Waals surface area contributed by atoms with E-state index in [1.165, 1.54) is 12.7 Å². The molecule has 0 bridgehead atoms. The number of carbonyl (C=O) groups excluding carboxylic acids is 2. The number of nitrogens with one attached hydrogen (secondary N) is 1. The van der Waals surface area contributed by atoms with E-state index in [4.69, 9.17) is 19.2 Å². The van der Waals surface area contributed by atoms with Gasteiger partial charge in [0.05, 0.1) is 19.3 Å². The Morgan fingerprint density at radius 1 is 1.05 bits per heavy atom. The second kappa shape index (κ2) is 16.5. The molecule has 0 radical (unpaired) electrons. The summed E-state index contributed by atoms with van der Waals surface area (Å²) in [5, 5.41) is 2.99. The lowest BCUT2D eigenvalue weighted by molar-refractivity contribution is -0.146. The fourth-order valence-corrected chi connectivity index (χ4v) is 6.00. The third-order valence-corrected chi connectivity index (χ3v) is 8.34. The van der Waals surface area contributed by atoms with Crippen molar-refractivity contribution in [3.05, 3.63) is 53.3 Å². The average Bonchev–Trinajstić information content (AvgIpc) is 3.21. The van der Waals surface area contributed by atoms with Crippen LogP contribution in [-0.2, 0) is 38.4 Å². The van der Waals surface area contributed by atoms with Crippen LogP contribution in [0.3, 0.4) is 0 Å². The lowest BCUT2D eigenvalue weighted by atomic mass is 9.83. The normalized spacial score (nSPS) is 19.1. The van der Waals surface area contributed by atoms with Crippen LogP contribution in [0.4, 0.5) is 10.7 Å². The minimum absolute atomic E-state index is 0.0372. The molecule has 1 N–H and O–H groups in total. The van der Waals surface area contributed by atoms with Gasteiger partial charge in [-0.1, -0.05) is 30.3 Å². The summed E-state index contributed by atoms with van der Waals surface area (Å²) in [5.74, 6) is 0.615. The zero-order chi connectivity index (χ0) is 29.7.